The van der Waals surface area contributed by atoms with E-state index in [0.29, 0.717) is 42.2 Å². The molecule has 0 aliphatic heterocycles. The van der Waals surface area contributed by atoms with E-state index in [4.69, 9.17) is 5.73 Å². The number of thiazole rings is 1. The predicted molar refractivity (Wildman–Crippen MR) is 126 cm³/mol. The molecule has 2 aromatic rings. The number of fused-ring (bicyclic) bond motifs is 5. The van der Waals surface area contributed by atoms with Gasteiger partial charge < -0.3 is 16.2 Å². The maximum Gasteiger partial charge on any atom is 0.226 e. The molecule has 2 fully saturated rings. The molecule has 3 aliphatic carbocycles. The Morgan fingerprint density at radius 3 is 2.94 bits per heavy atom. The zero-order valence-corrected chi connectivity index (χ0v) is 19.8. The third kappa shape index (κ3) is 3.63. The van der Waals surface area contributed by atoms with E-state index in [1.165, 1.54) is 11.3 Å². The molecule has 6 nitrogen and oxygen atoms in total. The minimum absolute atomic E-state index is 0.0722. The van der Waals surface area contributed by atoms with Crippen molar-refractivity contribution in [3.8, 4) is 5.75 Å². The first-order valence-electron chi connectivity index (χ1n) is 11.7. The summed E-state index contributed by atoms with van der Waals surface area (Å²) in [6.45, 7) is 4.04. The van der Waals surface area contributed by atoms with Crippen LogP contribution in [0.3, 0.4) is 0 Å². The summed E-state index contributed by atoms with van der Waals surface area (Å²) in [7, 11) is 0. The number of phenols is 1. The first-order valence-corrected chi connectivity index (χ1v) is 12.6. The van der Waals surface area contributed by atoms with Gasteiger partial charge in [0.25, 0.3) is 0 Å². The number of aromatic nitrogens is 1. The number of Topliss-reactive ketones (excluding diaryl/α,β-unsaturated/α-hetero) is 1. The number of ketones is 1. The maximum atomic E-state index is 14.7. The lowest BCUT2D eigenvalue weighted by atomic mass is 9.54. The number of carbonyl (C=O) groups excluding carboxylic acids is 2. The van der Waals surface area contributed by atoms with E-state index in [0.717, 1.165) is 29.7 Å². The fourth-order valence-corrected chi connectivity index (χ4v) is 7.61. The highest BCUT2D eigenvalue weighted by molar-refractivity contribution is 7.15. The lowest BCUT2D eigenvalue weighted by Gasteiger charge is -2.50. The second-order valence-electron chi connectivity index (χ2n) is 10.2. The van der Waals surface area contributed by atoms with Crippen LogP contribution >= 0.6 is 11.3 Å². The summed E-state index contributed by atoms with van der Waals surface area (Å²) in [5.74, 6) is -0.130. The number of phenolic OH excluding ortho intramolecular Hbond substituents is 1. The molecule has 1 aromatic heterocycles. The molecule has 0 saturated heterocycles. The summed E-state index contributed by atoms with van der Waals surface area (Å²) in [4.78, 5) is 30.9. The normalized spacial score (nSPS) is 30.5. The molecular formula is C25H30FN3O3S. The number of halogens is 1. The third-order valence-electron chi connectivity index (χ3n) is 8.42. The second kappa shape index (κ2) is 8.08. The van der Waals surface area contributed by atoms with Crippen LogP contribution in [0.15, 0.2) is 12.3 Å². The van der Waals surface area contributed by atoms with Crippen molar-refractivity contribution >= 4 is 33.8 Å². The van der Waals surface area contributed by atoms with Crippen LogP contribution in [0.5, 0.6) is 5.75 Å². The average Bonchev–Trinajstić information content (AvgIpc) is 3.30. The van der Waals surface area contributed by atoms with Gasteiger partial charge in [-0.2, -0.15) is 0 Å². The Balaban J connectivity index is 1.37. The number of aryl methyl sites for hydroxylation is 1. The summed E-state index contributed by atoms with van der Waals surface area (Å²) >= 11 is 1.45. The van der Waals surface area contributed by atoms with Crippen LogP contribution in [-0.4, -0.2) is 21.8 Å². The van der Waals surface area contributed by atoms with Gasteiger partial charge in [0.05, 0.1) is 5.69 Å². The molecule has 33 heavy (non-hydrogen) atoms. The molecule has 5 unspecified atom stereocenters. The van der Waals surface area contributed by atoms with E-state index < -0.39 is 11.6 Å². The van der Waals surface area contributed by atoms with Crippen molar-refractivity contribution in [1.82, 2.24) is 4.98 Å². The number of nitrogens with one attached hydrogen (secondary N) is 1. The Morgan fingerprint density at radius 2 is 2.21 bits per heavy atom. The molecule has 176 valence electrons. The molecule has 1 amide bonds. The lowest BCUT2D eigenvalue weighted by Crippen LogP contribution is -2.44. The second-order valence-corrected chi connectivity index (χ2v) is 11.5. The van der Waals surface area contributed by atoms with Crippen molar-refractivity contribution in [3.63, 3.8) is 0 Å². The highest BCUT2D eigenvalue weighted by atomic mass is 32.1. The molecule has 1 heterocycles. The molecule has 1 aromatic carbocycles. The van der Waals surface area contributed by atoms with Gasteiger partial charge in [0.15, 0.2) is 16.7 Å². The van der Waals surface area contributed by atoms with Crippen molar-refractivity contribution in [3.05, 3.63) is 34.1 Å². The summed E-state index contributed by atoms with van der Waals surface area (Å²) in [6, 6.07) is 1.74. The molecule has 0 radical (unpaired) electrons. The van der Waals surface area contributed by atoms with Gasteiger partial charge in [-0.3, -0.25) is 9.59 Å². The number of amides is 1. The summed E-state index contributed by atoms with van der Waals surface area (Å²) in [6.07, 6.45) is 6.15. The Morgan fingerprint density at radius 1 is 1.42 bits per heavy atom. The predicted octanol–water partition coefficient (Wildman–Crippen LogP) is 4.95. The van der Waals surface area contributed by atoms with Crippen LogP contribution in [0.25, 0.3) is 0 Å². The van der Waals surface area contributed by atoms with E-state index in [-0.39, 0.29) is 40.7 Å². The standard InChI is InChI=1S/C25H30FN3O3S/c1-12-11-28-24(33-12)29-20(31)6-3-13-9-19(30)25(2)8-7-14-15(21(13)25)4-5-16-17(14)10-18(27)23(32)22(16)26/h10-11,13-15,21,32H,3-9,27H2,1-2H3,(H,28,29,31). The van der Waals surface area contributed by atoms with Crippen molar-refractivity contribution < 1.29 is 19.1 Å². The molecule has 4 N–H and O–H groups in total. The van der Waals surface area contributed by atoms with Crippen LogP contribution in [-0.2, 0) is 16.0 Å². The van der Waals surface area contributed by atoms with Crippen LogP contribution in [0, 0.1) is 35.9 Å². The van der Waals surface area contributed by atoms with Gasteiger partial charge in [0.2, 0.25) is 5.91 Å². The Kier molecular flexibility index (Phi) is 5.46. The number of nitrogens with two attached hydrogens (primary N) is 1. The van der Waals surface area contributed by atoms with Gasteiger partial charge >= 0.3 is 0 Å². The highest BCUT2D eigenvalue weighted by Gasteiger charge is 2.58. The van der Waals surface area contributed by atoms with Gasteiger partial charge in [0.1, 0.15) is 5.78 Å². The summed E-state index contributed by atoms with van der Waals surface area (Å²) in [5.41, 5.74) is 7.07. The van der Waals surface area contributed by atoms with E-state index in [1.807, 2.05) is 6.92 Å². The minimum Gasteiger partial charge on any atom is -0.503 e. The fourth-order valence-electron chi connectivity index (χ4n) is 6.93. The van der Waals surface area contributed by atoms with Crippen LogP contribution < -0.4 is 11.1 Å². The van der Waals surface area contributed by atoms with E-state index in [1.54, 1.807) is 12.3 Å². The molecule has 5 rings (SSSR count). The first kappa shape index (κ1) is 22.3. The highest BCUT2D eigenvalue weighted by Crippen LogP contribution is 2.62. The Labute approximate surface area is 196 Å². The van der Waals surface area contributed by atoms with Gasteiger partial charge in [-0.05, 0) is 79.9 Å². The first-order chi connectivity index (χ1) is 15.7. The molecule has 5 atom stereocenters. The molecule has 0 spiro atoms. The molecular weight excluding hydrogens is 441 g/mol. The Bertz CT molecular complexity index is 1130. The molecule has 8 heteroatoms. The quantitative estimate of drug-likeness (QED) is 0.432. The van der Waals surface area contributed by atoms with Crippen molar-refractivity contribution in [2.75, 3.05) is 11.1 Å². The molecule has 0 bridgehead atoms. The van der Waals surface area contributed by atoms with Gasteiger partial charge in [-0.1, -0.05) is 6.92 Å². The molecule has 3 aliphatic rings. The van der Waals surface area contributed by atoms with E-state index in [9.17, 15) is 19.1 Å². The number of rotatable bonds is 4. The Hall–Kier alpha value is -2.48. The maximum absolute atomic E-state index is 14.7. The number of hydrogen-bond donors (Lipinski definition) is 3. The van der Waals surface area contributed by atoms with E-state index in [2.05, 4.69) is 17.2 Å². The van der Waals surface area contributed by atoms with Gasteiger partial charge in [0, 0.05) is 29.3 Å². The number of hydrogen-bond acceptors (Lipinski definition) is 6. The number of nitrogens with zero attached hydrogens (tertiary/aromatic N) is 1. The number of carbonyl (C=O) groups is 2. The number of benzene rings is 1. The number of aromatic hydroxyl groups is 1. The smallest absolute Gasteiger partial charge is 0.226 e. The number of anilines is 2. The minimum atomic E-state index is -0.593. The lowest BCUT2D eigenvalue weighted by molar-refractivity contribution is -0.129. The fraction of sp³-hybridized carbons (Fsp3) is 0.560. The largest absolute Gasteiger partial charge is 0.503 e. The van der Waals surface area contributed by atoms with Gasteiger partial charge in [-0.15, -0.1) is 11.3 Å². The zero-order chi connectivity index (χ0) is 23.5. The topological polar surface area (TPSA) is 105 Å². The zero-order valence-electron chi connectivity index (χ0n) is 19.0. The van der Waals surface area contributed by atoms with Crippen LogP contribution in [0.4, 0.5) is 15.2 Å². The average molecular weight is 472 g/mol. The van der Waals surface area contributed by atoms with Crippen LogP contribution in [0.2, 0.25) is 0 Å². The van der Waals surface area contributed by atoms with Crippen molar-refractivity contribution in [2.45, 2.75) is 64.7 Å². The van der Waals surface area contributed by atoms with Gasteiger partial charge in [-0.25, -0.2) is 9.37 Å². The third-order valence-corrected chi connectivity index (χ3v) is 9.25. The van der Waals surface area contributed by atoms with E-state index >= 15 is 0 Å². The SMILES string of the molecule is Cc1cnc(NC(=O)CCC2CC(=O)C3(C)CCC4c5cc(N)c(O)c(F)c5CCC4C23)s1. The number of nitrogen functional groups attached to an aromatic ring is 1. The summed E-state index contributed by atoms with van der Waals surface area (Å²) in [5, 5.41) is 13.4. The summed E-state index contributed by atoms with van der Waals surface area (Å²) < 4.78 is 14.7. The molecule has 2 saturated carbocycles. The van der Waals surface area contributed by atoms with Crippen LogP contribution in [0.1, 0.15) is 67.4 Å². The van der Waals surface area contributed by atoms with Crippen molar-refractivity contribution in [2.24, 2.45) is 23.2 Å². The van der Waals surface area contributed by atoms with Crippen molar-refractivity contribution in [1.29, 1.82) is 0 Å². The monoisotopic (exact) mass is 471 g/mol.